The third kappa shape index (κ3) is 2.96. The van der Waals surface area contributed by atoms with E-state index in [2.05, 4.69) is 9.97 Å². The van der Waals surface area contributed by atoms with Crippen LogP contribution in [0.3, 0.4) is 0 Å². The van der Waals surface area contributed by atoms with Crippen LogP contribution in [-0.4, -0.2) is 22.4 Å². The Hall–Kier alpha value is -2.75. The maximum Gasteiger partial charge on any atom is 0.185 e. The molecule has 0 fully saturated rings. The van der Waals surface area contributed by atoms with Crippen molar-refractivity contribution in [3.05, 3.63) is 66.1 Å². The highest BCUT2D eigenvalue weighted by Crippen LogP contribution is 2.23. The first-order valence-corrected chi connectivity index (χ1v) is 7.22. The standard InChI is InChI=1S/C18H16N2O2/c1-2-22-14-6-7-15-13(8-10-20-17(15)12-14)11-18(21)16-5-3-4-9-19-16/h3-10,12H,2,11H2,1H3. The zero-order valence-corrected chi connectivity index (χ0v) is 12.3. The second kappa shape index (κ2) is 6.35. The Balaban J connectivity index is 1.92. The number of pyridine rings is 2. The Morgan fingerprint density at radius 3 is 2.77 bits per heavy atom. The number of fused-ring (bicyclic) bond motifs is 1. The molecule has 0 aliphatic carbocycles. The van der Waals surface area contributed by atoms with Crippen LogP contribution in [0.25, 0.3) is 10.9 Å². The van der Waals surface area contributed by atoms with Crippen molar-refractivity contribution in [2.24, 2.45) is 0 Å². The molecule has 4 nitrogen and oxygen atoms in total. The molecule has 2 heterocycles. The number of carbonyl (C=O) groups excluding carboxylic acids is 1. The van der Waals surface area contributed by atoms with E-state index in [1.54, 1.807) is 24.5 Å². The molecule has 0 bridgehead atoms. The van der Waals surface area contributed by atoms with E-state index in [9.17, 15) is 4.79 Å². The number of benzene rings is 1. The topological polar surface area (TPSA) is 52.1 Å². The van der Waals surface area contributed by atoms with Crippen LogP contribution in [0.4, 0.5) is 0 Å². The first kappa shape index (κ1) is 14.2. The summed E-state index contributed by atoms with van der Waals surface area (Å²) in [6.07, 6.45) is 3.66. The summed E-state index contributed by atoms with van der Waals surface area (Å²) >= 11 is 0. The van der Waals surface area contributed by atoms with Gasteiger partial charge in [-0.2, -0.15) is 0 Å². The molecule has 22 heavy (non-hydrogen) atoms. The normalized spacial score (nSPS) is 10.6. The number of hydrogen-bond acceptors (Lipinski definition) is 4. The van der Waals surface area contributed by atoms with Crippen molar-refractivity contribution >= 4 is 16.7 Å². The van der Waals surface area contributed by atoms with Gasteiger partial charge in [0, 0.05) is 30.3 Å². The van der Waals surface area contributed by atoms with Crippen molar-refractivity contribution < 1.29 is 9.53 Å². The number of rotatable bonds is 5. The van der Waals surface area contributed by atoms with E-state index in [-0.39, 0.29) is 5.78 Å². The van der Waals surface area contributed by atoms with E-state index in [0.29, 0.717) is 18.7 Å². The van der Waals surface area contributed by atoms with Crippen molar-refractivity contribution in [2.75, 3.05) is 6.61 Å². The number of hydrogen-bond donors (Lipinski definition) is 0. The SMILES string of the molecule is CCOc1ccc2c(CC(=O)c3ccccn3)ccnc2c1. The monoisotopic (exact) mass is 292 g/mol. The van der Waals surface area contributed by atoms with Gasteiger partial charge in [-0.3, -0.25) is 14.8 Å². The average Bonchev–Trinajstić information content (AvgIpc) is 2.56. The quantitative estimate of drug-likeness (QED) is 0.676. The Kier molecular flexibility index (Phi) is 4.10. The van der Waals surface area contributed by atoms with E-state index >= 15 is 0 Å². The summed E-state index contributed by atoms with van der Waals surface area (Å²) < 4.78 is 5.49. The maximum absolute atomic E-state index is 12.3. The highest BCUT2D eigenvalue weighted by Gasteiger charge is 2.11. The highest BCUT2D eigenvalue weighted by molar-refractivity contribution is 5.98. The van der Waals surface area contributed by atoms with Crippen molar-refractivity contribution in [1.82, 2.24) is 9.97 Å². The number of ketones is 1. The first-order valence-electron chi connectivity index (χ1n) is 7.22. The molecule has 3 aromatic rings. The molecular formula is C18H16N2O2. The first-order chi connectivity index (χ1) is 10.8. The summed E-state index contributed by atoms with van der Waals surface area (Å²) in [7, 11) is 0. The van der Waals surface area contributed by atoms with Gasteiger partial charge in [-0.25, -0.2) is 0 Å². The number of ether oxygens (including phenoxy) is 1. The molecule has 0 radical (unpaired) electrons. The van der Waals surface area contributed by atoms with E-state index in [1.165, 1.54) is 0 Å². The van der Waals surface area contributed by atoms with E-state index < -0.39 is 0 Å². The van der Waals surface area contributed by atoms with Crippen LogP contribution in [-0.2, 0) is 6.42 Å². The van der Waals surface area contributed by atoms with Crippen molar-refractivity contribution in [3.63, 3.8) is 0 Å². The second-order valence-electron chi connectivity index (χ2n) is 4.90. The Morgan fingerprint density at radius 2 is 2.00 bits per heavy atom. The molecular weight excluding hydrogens is 276 g/mol. The molecule has 0 atom stereocenters. The smallest absolute Gasteiger partial charge is 0.185 e. The molecule has 2 aromatic heterocycles. The predicted octanol–water partition coefficient (Wildman–Crippen LogP) is 3.45. The summed E-state index contributed by atoms with van der Waals surface area (Å²) in [6, 6.07) is 13.0. The van der Waals surface area contributed by atoms with Gasteiger partial charge in [0.2, 0.25) is 0 Å². The molecule has 0 aliphatic heterocycles. The largest absolute Gasteiger partial charge is 0.494 e. The Morgan fingerprint density at radius 1 is 1.09 bits per heavy atom. The van der Waals surface area contributed by atoms with Gasteiger partial charge in [0.1, 0.15) is 11.4 Å². The lowest BCUT2D eigenvalue weighted by Gasteiger charge is -2.08. The van der Waals surface area contributed by atoms with Crippen molar-refractivity contribution in [1.29, 1.82) is 0 Å². The van der Waals surface area contributed by atoms with Gasteiger partial charge in [-0.15, -0.1) is 0 Å². The summed E-state index contributed by atoms with van der Waals surface area (Å²) in [5.41, 5.74) is 2.26. The molecule has 4 heteroatoms. The van der Waals surface area contributed by atoms with Crippen LogP contribution in [0.15, 0.2) is 54.9 Å². The molecule has 0 N–H and O–H groups in total. The van der Waals surface area contributed by atoms with Gasteiger partial charge < -0.3 is 4.74 Å². The highest BCUT2D eigenvalue weighted by atomic mass is 16.5. The predicted molar refractivity (Wildman–Crippen MR) is 85.2 cm³/mol. The molecule has 0 saturated heterocycles. The molecule has 0 unspecified atom stereocenters. The zero-order chi connectivity index (χ0) is 15.4. The second-order valence-corrected chi connectivity index (χ2v) is 4.90. The fraction of sp³-hybridized carbons (Fsp3) is 0.167. The summed E-state index contributed by atoms with van der Waals surface area (Å²) in [5, 5.41) is 0.968. The molecule has 1 aromatic carbocycles. The van der Waals surface area contributed by atoms with Crippen LogP contribution in [0.5, 0.6) is 5.75 Å². The van der Waals surface area contributed by atoms with Gasteiger partial charge in [0.15, 0.2) is 5.78 Å². The molecule has 3 rings (SSSR count). The number of aromatic nitrogens is 2. The Bertz CT molecular complexity index is 801. The van der Waals surface area contributed by atoms with Gasteiger partial charge in [-0.1, -0.05) is 6.07 Å². The number of carbonyl (C=O) groups is 1. The minimum Gasteiger partial charge on any atom is -0.494 e. The van der Waals surface area contributed by atoms with Gasteiger partial charge in [0.25, 0.3) is 0 Å². The fourth-order valence-corrected chi connectivity index (χ4v) is 2.39. The number of nitrogens with zero attached hydrogens (tertiary/aromatic N) is 2. The van der Waals surface area contributed by atoms with Gasteiger partial charge in [0.05, 0.1) is 12.1 Å². The third-order valence-corrected chi connectivity index (χ3v) is 3.42. The maximum atomic E-state index is 12.3. The lowest BCUT2D eigenvalue weighted by Crippen LogP contribution is -2.06. The lowest BCUT2D eigenvalue weighted by atomic mass is 10.0. The molecule has 0 amide bonds. The molecule has 0 saturated carbocycles. The van der Waals surface area contributed by atoms with Crippen LogP contribution >= 0.6 is 0 Å². The Labute approximate surface area is 128 Å². The minimum atomic E-state index is 0.00184. The van der Waals surface area contributed by atoms with Crippen LogP contribution in [0.2, 0.25) is 0 Å². The van der Waals surface area contributed by atoms with Gasteiger partial charge >= 0.3 is 0 Å². The van der Waals surface area contributed by atoms with Crippen LogP contribution in [0, 0.1) is 0 Å². The number of Topliss-reactive ketones (excluding diaryl/α,β-unsaturated/α-hetero) is 1. The van der Waals surface area contributed by atoms with Crippen molar-refractivity contribution in [3.8, 4) is 5.75 Å². The minimum absolute atomic E-state index is 0.00184. The molecule has 0 aliphatic rings. The van der Waals surface area contributed by atoms with Crippen molar-refractivity contribution in [2.45, 2.75) is 13.3 Å². The summed E-state index contributed by atoms with van der Waals surface area (Å²) in [5.74, 6) is 0.790. The lowest BCUT2D eigenvalue weighted by molar-refractivity contribution is 0.0988. The average molecular weight is 292 g/mol. The van der Waals surface area contributed by atoms with E-state index in [0.717, 1.165) is 22.2 Å². The fourth-order valence-electron chi connectivity index (χ4n) is 2.39. The molecule has 0 spiro atoms. The third-order valence-electron chi connectivity index (χ3n) is 3.42. The van der Waals surface area contributed by atoms with Crippen LogP contribution < -0.4 is 4.74 Å². The van der Waals surface area contributed by atoms with E-state index in [1.807, 2.05) is 37.3 Å². The van der Waals surface area contributed by atoms with Crippen LogP contribution in [0.1, 0.15) is 23.0 Å². The van der Waals surface area contributed by atoms with Gasteiger partial charge in [-0.05, 0) is 42.8 Å². The summed E-state index contributed by atoms with van der Waals surface area (Å²) in [4.78, 5) is 20.8. The summed E-state index contributed by atoms with van der Waals surface area (Å²) in [6.45, 7) is 2.56. The molecule has 110 valence electrons. The zero-order valence-electron chi connectivity index (χ0n) is 12.3. The van der Waals surface area contributed by atoms with E-state index in [4.69, 9.17) is 4.74 Å².